The van der Waals surface area contributed by atoms with Crippen LogP contribution in [0.4, 0.5) is 0 Å². The summed E-state index contributed by atoms with van der Waals surface area (Å²) >= 11 is 0. The number of esters is 2. The minimum Gasteiger partial charge on any atom is -0.466 e. The van der Waals surface area contributed by atoms with Crippen molar-refractivity contribution in [2.75, 3.05) is 13.2 Å². The Kier molecular flexibility index (Phi) is 9.45. The second-order valence-electron chi connectivity index (χ2n) is 7.46. The number of benzene rings is 1. The molecule has 1 aromatic rings. The van der Waals surface area contributed by atoms with Gasteiger partial charge in [-0.1, -0.05) is 50.0 Å². The molecule has 6 heteroatoms. The Hall–Kier alpha value is -1.66. The lowest BCUT2D eigenvalue weighted by Crippen LogP contribution is -2.25. The van der Waals surface area contributed by atoms with Gasteiger partial charge in [0.1, 0.15) is 6.61 Å². The van der Waals surface area contributed by atoms with Crippen molar-refractivity contribution >= 4 is 20.0 Å². The molecule has 0 bridgehead atoms. The number of carbonyl (C=O) groups is 2. The van der Waals surface area contributed by atoms with Crippen LogP contribution in [0.25, 0.3) is 0 Å². The van der Waals surface area contributed by atoms with Gasteiger partial charge in [0.05, 0.1) is 18.9 Å². The van der Waals surface area contributed by atoms with Crippen molar-refractivity contribution in [2.24, 2.45) is 11.7 Å². The number of carbonyl (C=O) groups excluding carboxylic acids is 2. The van der Waals surface area contributed by atoms with Gasteiger partial charge in [-0.25, -0.2) is 0 Å². The van der Waals surface area contributed by atoms with E-state index in [4.69, 9.17) is 15.2 Å². The van der Waals surface area contributed by atoms with Crippen molar-refractivity contribution in [3.63, 3.8) is 0 Å². The highest BCUT2D eigenvalue weighted by Gasteiger charge is 2.24. The first-order valence-electron chi connectivity index (χ1n) is 8.88. The van der Waals surface area contributed by atoms with Crippen LogP contribution in [0.1, 0.15) is 24.8 Å². The second-order valence-corrected chi connectivity index (χ2v) is 13.1. The van der Waals surface area contributed by atoms with E-state index in [1.54, 1.807) is 0 Å². The first-order valence-corrected chi connectivity index (χ1v) is 12.6. The van der Waals surface area contributed by atoms with Crippen molar-refractivity contribution in [2.45, 2.75) is 51.6 Å². The maximum atomic E-state index is 12.3. The minimum atomic E-state index is -1.24. The smallest absolute Gasteiger partial charge is 0.309 e. The zero-order valence-corrected chi connectivity index (χ0v) is 16.6. The average molecular weight is 366 g/mol. The molecule has 1 atom stereocenters. The fourth-order valence-electron chi connectivity index (χ4n) is 2.25. The molecular formula is C19H31NO4Si. The molecule has 0 unspecified atom stereocenters. The molecule has 0 heterocycles. The fraction of sp³-hybridized carbons (Fsp3) is 0.579. The summed E-state index contributed by atoms with van der Waals surface area (Å²) in [7, 11) is -1.24. The van der Waals surface area contributed by atoms with Gasteiger partial charge >= 0.3 is 11.9 Å². The van der Waals surface area contributed by atoms with E-state index < -0.39 is 14.0 Å². The van der Waals surface area contributed by atoms with Gasteiger partial charge in [-0.2, -0.15) is 0 Å². The monoisotopic (exact) mass is 365 g/mol. The van der Waals surface area contributed by atoms with Crippen molar-refractivity contribution < 1.29 is 19.1 Å². The molecule has 2 N–H and O–H groups in total. The summed E-state index contributed by atoms with van der Waals surface area (Å²) < 4.78 is 10.7. The summed E-state index contributed by atoms with van der Waals surface area (Å²) in [5.41, 5.74) is 6.46. The summed E-state index contributed by atoms with van der Waals surface area (Å²) in [6.07, 6.45) is 1.26. The summed E-state index contributed by atoms with van der Waals surface area (Å²) in [5, 5.41) is 0. The lowest BCUT2D eigenvalue weighted by Gasteiger charge is -2.17. The fourth-order valence-corrected chi connectivity index (χ4v) is 2.96. The molecule has 0 fully saturated rings. The van der Waals surface area contributed by atoms with Crippen molar-refractivity contribution in [3.05, 3.63) is 35.9 Å². The standard InChI is InChI=1S/C19H31NO4Si/c1-25(2,3)13-12-23-18(21)14-17(10-7-11-20)19(22)24-15-16-8-5-4-6-9-16/h4-6,8-9,17H,7,10-15,20H2,1-3H3/t17-/m0/s1. The van der Waals surface area contributed by atoms with Crippen LogP contribution in [0.15, 0.2) is 30.3 Å². The van der Waals surface area contributed by atoms with Gasteiger partial charge in [0.2, 0.25) is 0 Å². The number of rotatable bonds is 11. The van der Waals surface area contributed by atoms with Crippen LogP contribution in [0.2, 0.25) is 25.7 Å². The van der Waals surface area contributed by atoms with E-state index in [1.807, 2.05) is 30.3 Å². The van der Waals surface area contributed by atoms with Gasteiger partial charge in [-0.05, 0) is 31.0 Å². The molecular weight excluding hydrogens is 334 g/mol. The molecule has 1 aromatic carbocycles. The average Bonchev–Trinajstić information content (AvgIpc) is 2.56. The van der Waals surface area contributed by atoms with Crippen LogP contribution in [0.3, 0.4) is 0 Å². The third-order valence-electron chi connectivity index (χ3n) is 3.84. The van der Waals surface area contributed by atoms with E-state index in [2.05, 4.69) is 19.6 Å². The maximum Gasteiger partial charge on any atom is 0.309 e. The first kappa shape index (κ1) is 21.4. The van der Waals surface area contributed by atoms with Gasteiger partial charge in [0, 0.05) is 8.07 Å². The molecule has 25 heavy (non-hydrogen) atoms. The first-order chi connectivity index (χ1) is 11.8. The zero-order chi connectivity index (χ0) is 18.7. The number of ether oxygens (including phenoxy) is 2. The maximum absolute atomic E-state index is 12.3. The largest absolute Gasteiger partial charge is 0.466 e. The molecule has 0 amide bonds. The lowest BCUT2D eigenvalue weighted by atomic mass is 9.99. The van der Waals surface area contributed by atoms with E-state index in [-0.39, 0.29) is 25.0 Å². The summed E-state index contributed by atoms with van der Waals surface area (Å²) in [6, 6.07) is 10.4. The molecule has 0 aromatic heterocycles. The predicted octanol–water partition coefficient (Wildman–Crippen LogP) is 3.36. The second kappa shape index (κ2) is 11.0. The molecule has 5 nitrogen and oxygen atoms in total. The Morgan fingerprint density at radius 3 is 2.40 bits per heavy atom. The molecule has 1 rings (SSSR count). The van der Waals surface area contributed by atoms with Crippen LogP contribution in [-0.2, 0) is 25.7 Å². The predicted molar refractivity (Wildman–Crippen MR) is 102 cm³/mol. The Bertz CT molecular complexity index is 528. The highest BCUT2D eigenvalue weighted by Crippen LogP contribution is 2.16. The lowest BCUT2D eigenvalue weighted by molar-refractivity contribution is -0.156. The zero-order valence-electron chi connectivity index (χ0n) is 15.6. The highest BCUT2D eigenvalue weighted by molar-refractivity contribution is 6.76. The van der Waals surface area contributed by atoms with E-state index in [9.17, 15) is 9.59 Å². The summed E-state index contributed by atoms with van der Waals surface area (Å²) in [6.45, 7) is 7.80. The molecule has 0 saturated heterocycles. The van der Waals surface area contributed by atoms with Crippen LogP contribution in [0.5, 0.6) is 0 Å². The quantitative estimate of drug-likeness (QED) is 0.480. The summed E-state index contributed by atoms with van der Waals surface area (Å²) in [4.78, 5) is 24.4. The minimum absolute atomic E-state index is 0.0549. The molecule has 0 aliphatic carbocycles. The molecule has 0 aliphatic heterocycles. The summed E-state index contributed by atoms with van der Waals surface area (Å²) in [5.74, 6) is -1.19. The van der Waals surface area contributed by atoms with Gasteiger partial charge in [-0.3, -0.25) is 9.59 Å². The van der Waals surface area contributed by atoms with E-state index in [0.717, 1.165) is 11.6 Å². The number of hydrogen-bond donors (Lipinski definition) is 1. The molecule has 0 aliphatic rings. The van der Waals surface area contributed by atoms with E-state index in [1.165, 1.54) is 0 Å². The SMILES string of the molecule is C[Si](C)(C)CCOC(=O)C[C@H](CCCN)C(=O)OCc1ccccc1. The topological polar surface area (TPSA) is 78.6 Å². The van der Waals surface area contributed by atoms with Crippen molar-refractivity contribution in [1.29, 1.82) is 0 Å². The van der Waals surface area contributed by atoms with Crippen LogP contribution in [0, 0.1) is 5.92 Å². The third kappa shape index (κ3) is 10.0. The Morgan fingerprint density at radius 2 is 1.80 bits per heavy atom. The highest BCUT2D eigenvalue weighted by atomic mass is 28.3. The van der Waals surface area contributed by atoms with Gasteiger partial charge < -0.3 is 15.2 Å². The third-order valence-corrected chi connectivity index (χ3v) is 5.55. The van der Waals surface area contributed by atoms with Gasteiger partial charge in [-0.15, -0.1) is 0 Å². The van der Waals surface area contributed by atoms with Crippen LogP contribution >= 0.6 is 0 Å². The molecule has 0 spiro atoms. The van der Waals surface area contributed by atoms with Crippen LogP contribution in [-0.4, -0.2) is 33.2 Å². The molecule has 140 valence electrons. The number of hydrogen-bond acceptors (Lipinski definition) is 5. The van der Waals surface area contributed by atoms with Gasteiger partial charge in [0.25, 0.3) is 0 Å². The van der Waals surface area contributed by atoms with E-state index >= 15 is 0 Å². The Morgan fingerprint density at radius 1 is 1.12 bits per heavy atom. The van der Waals surface area contributed by atoms with E-state index in [0.29, 0.717) is 26.0 Å². The Balaban J connectivity index is 2.48. The normalized spacial score (nSPS) is 12.5. The molecule has 0 saturated carbocycles. The van der Waals surface area contributed by atoms with Crippen molar-refractivity contribution in [3.8, 4) is 0 Å². The Labute approximate surface area is 151 Å². The molecule has 0 radical (unpaired) electrons. The number of nitrogens with two attached hydrogens (primary N) is 1. The van der Waals surface area contributed by atoms with Crippen molar-refractivity contribution in [1.82, 2.24) is 0 Å². The van der Waals surface area contributed by atoms with Crippen LogP contribution < -0.4 is 5.73 Å². The van der Waals surface area contributed by atoms with Gasteiger partial charge in [0.15, 0.2) is 0 Å².